The van der Waals surface area contributed by atoms with Gasteiger partial charge in [0, 0.05) is 36.7 Å². The Bertz CT molecular complexity index is 1250. The lowest BCUT2D eigenvalue weighted by Crippen LogP contribution is -2.39. The summed E-state index contributed by atoms with van der Waals surface area (Å²) in [6.07, 6.45) is 3.84. The van der Waals surface area contributed by atoms with Gasteiger partial charge in [0.05, 0.1) is 5.52 Å². The average Bonchev–Trinajstić information content (AvgIpc) is 3.31. The molecule has 1 saturated heterocycles. The fraction of sp³-hybridized carbons (Fsp3) is 0.269. The summed E-state index contributed by atoms with van der Waals surface area (Å²) >= 11 is 0. The summed E-state index contributed by atoms with van der Waals surface area (Å²) in [4.78, 5) is 19.2. The van der Waals surface area contributed by atoms with Crippen molar-refractivity contribution in [3.8, 4) is 5.75 Å². The summed E-state index contributed by atoms with van der Waals surface area (Å²) in [5.41, 5.74) is 3.78. The number of carbonyl (C=O) groups is 1. The van der Waals surface area contributed by atoms with Crippen LogP contribution in [0.4, 0.5) is 0 Å². The molecule has 1 atom stereocenters. The van der Waals surface area contributed by atoms with Gasteiger partial charge in [-0.1, -0.05) is 41.1 Å². The number of hydrogen-bond acceptors (Lipinski definition) is 5. The molecule has 3 heterocycles. The highest BCUT2D eigenvalue weighted by Gasteiger charge is 2.27. The number of ether oxygens (including phenoxy) is 1. The van der Waals surface area contributed by atoms with E-state index in [1.807, 2.05) is 35.2 Å². The Labute approximate surface area is 186 Å². The number of benzene rings is 2. The van der Waals surface area contributed by atoms with Crippen molar-refractivity contribution in [1.29, 1.82) is 0 Å². The van der Waals surface area contributed by atoms with Crippen LogP contribution >= 0.6 is 0 Å². The molecule has 0 saturated carbocycles. The molecular weight excluding hydrogens is 402 g/mol. The third-order valence-electron chi connectivity index (χ3n) is 5.96. The summed E-state index contributed by atoms with van der Waals surface area (Å²) in [6, 6.07) is 19.8. The van der Waals surface area contributed by atoms with Gasteiger partial charge in [-0.15, -0.1) is 0 Å². The molecule has 2 aromatic carbocycles. The quantitative estimate of drug-likeness (QED) is 0.442. The van der Waals surface area contributed by atoms with E-state index < -0.39 is 0 Å². The maximum Gasteiger partial charge on any atom is 0.276 e. The highest BCUT2D eigenvalue weighted by molar-refractivity contribution is 5.92. The number of nitrogens with zero attached hydrogens (tertiary/aromatic N) is 3. The Morgan fingerprint density at radius 2 is 2.09 bits per heavy atom. The fourth-order valence-electron chi connectivity index (χ4n) is 4.30. The van der Waals surface area contributed by atoms with E-state index in [4.69, 9.17) is 9.26 Å². The average molecular weight is 428 g/mol. The van der Waals surface area contributed by atoms with E-state index in [9.17, 15) is 4.79 Å². The van der Waals surface area contributed by atoms with E-state index in [0.29, 0.717) is 29.7 Å². The second kappa shape index (κ2) is 8.83. The van der Waals surface area contributed by atoms with Crippen molar-refractivity contribution in [3.63, 3.8) is 0 Å². The highest BCUT2D eigenvalue weighted by Crippen LogP contribution is 2.28. The molecule has 1 amide bonds. The Kier molecular flexibility index (Phi) is 5.58. The van der Waals surface area contributed by atoms with E-state index in [2.05, 4.69) is 41.3 Å². The molecule has 0 spiro atoms. The molecule has 1 unspecified atom stereocenters. The third kappa shape index (κ3) is 4.35. The Morgan fingerprint density at radius 1 is 1.16 bits per heavy atom. The standard InChI is InChI=1S/C26H25N3O3/c1-18-5-2-6-19(13-18)21-8-4-12-29(16-21)26(30)25-15-23(32-28-25)17-31-22-9-10-24-20(14-22)7-3-11-27-24/h2-3,5-7,9-11,13-15,21H,4,8,12,16-17H2,1H3. The first-order valence-electron chi connectivity index (χ1n) is 10.9. The van der Waals surface area contributed by atoms with Crippen LogP contribution in [0.2, 0.25) is 0 Å². The molecule has 1 aliphatic rings. The minimum atomic E-state index is -0.0888. The molecule has 1 fully saturated rings. The van der Waals surface area contributed by atoms with E-state index >= 15 is 0 Å². The van der Waals surface area contributed by atoms with Crippen molar-refractivity contribution < 1.29 is 14.1 Å². The predicted octanol–water partition coefficient (Wildman–Crippen LogP) is 5.13. The largest absolute Gasteiger partial charge is 0.486 e. The van der Waals surface area contributed by atoms with Crippen LogP contribution in [0.5, 0.6) is 5.75 Å². The van der Waals surface area contributed by atoms with Crippen LogP contribution in [0.1, 0.15) is 46.1 Å². The van der Waals surface area contributed by atoms with Gasteiger partial charge >= 0.3 is 0 Å². The van der Waals surface area contributed by atoms with E-state index in [-0.39, 0.29) is 12.5 Å². The van der Waals surface area contributed by atoms with Gasteiger partial charge in [0.2, 0.25) is 0 Å². The molecule has 162 valence electrons. The van der Waals surface area contributed by atoms with Crippen molar-refractivity contribution in [3.05, 3.63) is 89.4 Å². The fourth-order valence-corrected chi connectivity index (χ4v) is 4.30. The lowest BCUT2D eigenvalue weighted by atomic mass is 9.89. The van der Waals surface area contributed by atoms with E-state index in [0.717, 1.165) is 30.3 Å². The minimum absolute atomic E-state index is 0.0888. The lowest BCUT2D eigenvalue weighted by Gasteiger charge is -2.32. The number of aromatic nitrogens is 2. The van der Waals surface area contributed by atoms with Crippen LogP contribution in [0.3, 0.4) is 0 Å². The minimum Gasteiger partial charge on any atom is -0.486 e. The number of pyridine rings is 1. The number of rotatable bonds is 5. The summed E-state index contributed by atoms with van der Waals surface area (Å²) in [5, 5.41) is 5.02. The molecule has 32 heavy (non-hydrogen) atoms. The van der Waals surface area contributed by atoms with Crippen molar-refractivity contribution in [2.45, 2.75) is 32.3 Å². The lowest BCUT2D eigenvalue weighted by molar-refractivity contribution is 0.0696. The summed E-state index contributed by atoms with van der Waals surface area (Å²) in [5.74, 6) is 1.50. The summed E-state index contributed by atoms with van der Waals surface area (Å²) in [6.45, 7) is 3.75. The Hall–Kier alpha value is -3.67. The van der Waals surface area contributed by atoms with Gasteiger partial charge < -0.3 is 14.2 Å². The number of amides is 1. The first kappa shape index (κ1) is 20.2. The van der Waals surface area contributed by atoms with Crippen LogP contribution in [0.15, 0.2) is 71.4 Å². The van der Waals surface area contributed by atoms with Crippen molar-refractivity contribution >= 4 is 16.8 Å². The summed E-state index contributed by atoms with van der Waals surface area (Å²) < 4.78 is 11.2. The second-order valence-electron chi connectivity index (χ2n) is 8.33. The zero-order valence-corrected chi connectivity index (χ0v) is 18.0. The molecule has 6 nitrogen and oxygen atoms in total. The number of fused-ring (bicyclic) bond motifs is 1. The molecule has 4 aromatic rings. The van der Waals surface area contributed by atoms with Crippen LogP contribution in [0, 0.1) is 6.92 Å². The first-order chi connectivity index (χ1) is 15.7. The van der Waals surface area contributed by atoms with Crippen LogP contribution < -0.4 is 4.74 Å². The number of likely N-dealkylation sites (tertiary alicyclic amines) is 1. The Balaban J connectivity index is 1.23. The van der Waals surface area contributed by atoms with Crippen molar-refractivity contribution in [2.24, 2.45) is 0 Å². The topological polar surface area (TPSA) is 68.5 Å². The van der Waals surface area contributed by atoms with Crippen molar-refractivity contribution in [2.75, 3.05) is 13.1 Å². The molecule has 0 bridgehead atoms. The van der Waals surface area contributed by atoms with Crippen LogP contribution in [0.25, 0.3) is 10.9 Å². The molecule has 0 aliphatic carbocycles. The monoisotopic (exact) mass is 427 g/mol. The van der Waals surface area contributed by atoms with E-state index in [1.54, 1.807) is 12.3 Å². The van der Waals surface area contributed by atoms with Gasteiger partial charge in [-0.2, -0.15) is 0 Å². The van der Waals surface area contributed by atoms with Gasteiger partial charge in [-0.3, -0.25) is 9.78 Å². The SMILES string of the molecule is Cc1cccc(C2CCCN(C(=O)c3cc(COc4ccc5ncccc5c4)on3)C2)c1. The number of hydrogen-bond donors (Lipinski definition) is 0. The molecule has 5 rings (SSSR count). The van der Waals surface area contributed by atoms with Gasteiger partial charge in [0.25, 0.3) is 5.91 Å². The van der Waals surface area contributed by atoms with Gasteiger partial charge in [0.15, 0.2) is 11.5 Å². The molecular formula is C26H25N3O3. The van der Waals surface area contributed by atoms with Crippen molar-refractivity contribution in [1.82, 2.24) is 15.0 Å². The normalized spacial score (nSPS) is 16.3. The number of piperidine rings is 1. The third-order valence-corrected chi connectivity index (χ3v) is 5.96. The van der Waals surface area contributed by atoms with Gasteiger partial charge in [0.1, 0.15) is 12.4 Å². The summed E-state index contributed by atoms with van der Waals surface area (Å²) in [7, 11) is 0. The molecule has 2 aromatic heterocycles. The first-order valence-corrected chi connectivity index (χ1v) is 10.9. The molecule has 6 heteroatoms. The molecule has 0 radical (unpaired) electrons. The molecule has 1 aliphatic heterocycles. The maximum absolute atomic E-state index is 13.0. The number of carbonyl (C=O) groups excluding carboxylic acids is 1. The zero-order valence-electron chi connectivity index (χ0n) is 18.0. The predicted molar refractivity (Wildman–Crippen MR) is 122 cm³/mol. The number of aryl methyl sites for hydroxylation is 1. The molecule has 0 N–H and O–H groups in total. The van der Waals surface area contributed by atoms with Gasteiger partial charge in [-0.05, 0) is 49.6 Å². The van der Waals surface area contributed by atoms with E-state index in [1.165, 1.54) is 11.1 Å². The second-order valence-corrected chi connectivity index (χ2v) is 8.33. The smallest absolute Gasteiger partial charge is 0.276 e. The van der Waals surface area contributed by atoms with Gasteiger partial charge in [-0.25, -0.2) is 0 Å². The van der Waals surface area contributed by atoms with Crippen LogP contribution in [-0.2, 0) is 6.61 Å². The Morgan fingerprint density at radius 3 is 3.00 bits per heavy atom. The zero-order chi connectivity index (χ0) is 21.9. The maximum atomic E-state index is 13.0. The highest BCUT2D eigenvalue weighted by atomic mass is 16.5. The van der Waals surface area contributed by atoms with Crippen LogP contribution in [-0.4, -0.2) is 34.0 Å².